The van der Waals surface area contributed by atoms with Crippen molar-refractivity contribution in [3.63, 3.8) is 0 Å². The lowest BCUT2D eigenvalue weighted by Gasteiger charge is -2.18. The third kappa shape index (κ3) is 2.74. The van der Waals surface area contributed by atoms with Crippen LogP contribution in [0.2, 0.25) is 0 Å². The molecule has 1 aliphatic rings. The predicted octanol–water partition coefficient (Wildman–Crippen LogP) is 1.43. The zero-order chi connectivity index (χ0) is 13.6. The summed E-state index contributed by atoms with van der Waals surface area (Å²) < 4.78 is 35.7. The molecule has 18 heavy (non-hydrogen) atoms. The largest absolute Gasteiger partial charge is 0.485 e. The molecule has 2 rings (SSSR count). The Bertz CT molecular complexity index is 581. The van der Waals surface area contributed by atoms with Crippen LogP contribution in [-0.4, -0.2) is 18.6 Å². The maximum absolute atomic E-state index is 10.6. The van der Waals surface area contributed by atoms with E-state index in [1.54, 1.807) is 6.07 Å². The molecule has 0 unspecified atom stereocenters. The molecule has 0 saturated carbocycles. The Hall–Kier alpha value is -1.31. The van der Waals surface area contributed by atoms with Gasteiger partial charge in [0.25, 0.3) is 0 Å². The van der Waals surface area contributed by atoms with Crippen LogP contribution in [0.3, 0.4) is 0 Å². The third-order valence-electron chi connectivity index (χ3n) is 2.79. The van der Waals surface area contributed by atoms with E-state index < -0.39 is 10.3 Å². The van der Waals surface area contributed by atoms with Crippen LogP contribution in [0.15, 0.2) is 12.1 Å². The summed E-state index contributed by atoms with van der Waals surface area (Å²) >= 11 is 0. The Morgan fingerprint density at radius 1 is 1.39 bits per heavy atom. The first kappa shape index (κ1) is 13.1. The van der Waals surface area contributed by atoms with Gasteiger partial charge in [-0.1, -0.05) is 6.07 Å². The maximum atomic E-state index is 10.6. The topological polar surface area (TPSA) is 87.7 Å². The molecular weight excluding hydrogens is 256 g/mol. The molecule has 0 bridgehead atoms. The Morgan fingerprint density at radius 2 is 2.06 bits per heavy atom. The molecule has 0 fully saturated rings. The lowest BCUT2D eigenvalue weighted by Crippen LogP contribution is -2.29. The van der Waals surface area contributed by atoms with Gasteiger partial charge in [-0.2, -0.15) is 8.42 Å². The molecule has 0 saturated heterocycles. The van der Waals surface area contributed by atoms with Crippen LogP contribution in [0.25, 0.3) is 0 Å². The first-order chi connectivity index (χ1) is 8.18. The van der Waals surface area contributed by atoms with Gasteiger partial charge in [0.05, 0.1) is 5.69 Å². The summed E-state index contributed by atoms with van der Waals surface area (Å²) in [6.07, 6.45) is 0.759. The van der Waals surface area contributed by atoms with E-state index >= 15 is 0 Å². The first-order valence-corrected chi connectivity index (χ1v) is 6.94. The molecule has 0 atom stereocenters. The van der Waals surface area contributed by atoms with Crippen molar-refractivity contribution in [2.75, 3.05) is 5.43 Å². The molecule has 3 N–H and O–H groups in total. The van der Waals surface area contributed by atoms with Gasteiger partial charge in [-0.25, -0.2) is 0 Å². The van der Waals surface area contributed by atoms with Gasteiger partial charge in [0, 0.05) is 12.0 Å². The summed E-state index contributed by atoms with van der Waals surface area (Å²) in [7, 11) is -4.30. The van der Waals surface area contributed by atoms with Gasteiger partial charge in [-0.3, -0.25) is 4.55 Å². The Kier molecular flexibility index (Phi) is 3.00. The van der Waals surface area contributed by atoms with Gasteiger partial charge in [-0.05, 0) is 32.4 Å². The summed E-state index contributed by atoms with van der Waals surface area (Å²) in [5.74, 6) is 0.621. The van der Waals surface area contributed by atoms with E-state index in [2.05, 4.69) is 5.43 Å². The van der Waals surface area contributed by atoms with E-state index in [4.69, 9.17) is 9.29 Å². The molecule has 0 radical (unpaired) electrons. The highest BCUT2D eigenvalue weighted by Crippen LogP contribution is 2.41. The molecule has 6 nitrogen and oxygen atoms in total. The fourth-order valence-corrected chi connectivity index (χ4v) is 2.26. The van der Waals surface area contributed by atoms with Crippen LogP contribution >= 0.6 is 0 Å². The van der Waals surface area contributed by atoms with Crippen molar-refractivity contribution >= 4 is 16.0 Å². The van der Waals surface area contributed by atoms with Gasteiger partial charge in [-0.15, -0.1) is 4.83 Å². The maximum Gasteiger partial charge on any atom is 0.350 e. The molecule has 0 aliphatic carbocycles. The number of rotatable bonds is 3. The molecule has 100 valence electrons. The summed E-state index contributed by atoms with van der Waals surface area (Å²) in [5.41, 5.74) is 4.74. The van der Waals surface area contributed by atoms with E-state index in [0.717, 1.165) is 17.5 Å². The number of fused-ring (bicyclic) bond motifs is 1. The van der Waals surface area contributed by atoms with Gasteiger partial charge in [0.15, 0.2) is 0 Å². The number of anilines is 1. The summed E-state index contributed by atoms with van der Waals surface area (Å²) in [4.78, 5) is 1.81. The second-order valence-electron chi connectivity index (χ2n) is 4.98. The Labute approximate surface area is 106 Å². The highest BCUT2D eigenvalue weighted by Gasteiger charge is 2.33. The summed E-state index contributed by atoms with van der Waals surface area (Å²) in [5, 5.41) is 0. The minimum Gasteiger partial charge on any atom is -0.485 e. The van der Waals surface area contributed by atoms with Crippen molar-refractivity contribution in [1.29, 1.82) is 0 Å². The van der Waals surface area contributed by atoms with Gasteiger partial charge in [0.1, 0.15) is 11.4 Å². The molecule has 0 amide bonds. The average Bonchev–Trinajstić information content (AvgIpc) is 2.52. The molecule has 1 heterocycles. The van der Waals surface area contributed by atoms with E-state index in [1.807, 2.05) is 31.7 Å². The second-order valence-corrected chi connectivity index (χ2v) is 6.13. The van der Waals surface area contributed by atoms with Crippen LogP contribution in [0, 0.1) is 6.92 Å². The standard InChI is InChI=1S/C11H16N2O4S/c1-7-4-5-9(12-13-18(14,15)16)10-8(7)6-11(2,3)17-10/h4-5,12-13H,6H2,1-3H3,(H,14,15,16). The fourth-order valence-electron chi connectivity index (χ4n) is 2.02. The molecule has 0 spiro atoms. The van der Waals surface area contributed by atoms with Crippen molar-refractivity contribution < 1.29 is 17.7 Å². The second kappa shape index (κ2) is 4.11. The number of benzene rings is 1. The SMILES string of the molecule is Cc1ccc(NNS(=O)(=O)O)c2c1CC(C)(C)O2. The van der Waals surface area contributed by atoms with Crippen molar-refractivity contribution in [3.8, 4) is 5.75 Å². The Balaban J connectivity index is 2.33. The van der Waals surface area contributed by atoms with Crippen LogP contribution < -0.4 is 15.0 Å². The normalized spacial score (nSPS) is 17.1. The minimum atomic E-state index is -4.30. The molecular formula is C11H16N2O4S. The van der Waals surface area contributed by atoms with Crippen molar-refractivity contribution in [1.82, 2.24) is 4.83 Å². The number of aryl methyl sites for hydroxylation is 1. The lowest BCUT2D eigenvalue weighted by molar-refractivity contribution is 0.139. The predicted molar refractivity (Wildman–Crippen MR) is 67.9 cm³/mol. The number of hydrazine groups is 1. The zero-order valence-corrected chi connectivity index (χ0v) is 11.3. The van der Waals surface area contributed by atoms with Crippen molar-refractivity contribution in [3.05, 3.63) is 23.3 Å². The first-order valence-electron chi connectivity index (χ1n) is 5.50. The van der Waals surface area contributed by atoms with E-state index in [9.17, 15) is 8.42 Å². The fraction of sp³-hybridized carbons (Fsp3) is 0.455. The van der Waals surface area contributed by atoms with Crippen LogP contribution in [0.1, 0.15) is 25.0 Å². The molecule has 1 aromatic carbocycles. The summed E-state index contributed by atoms with van der Waals surface area (Å²) in [6.45, 7) is 5.91. The minimum absolute atomic E-state index is 0.317. The lowest BCUT2D eigenvalue weighted by atomic mass is 9.98. The average molecular weight is 272 g/mol. The van der Waals surface area contributed by atoms with Gasteiger partial charge >= 0.3 is 10.3 Å². The molecule has 1 aromatic rings. The van der Waals surface area contributed by atoms with Crippen LogP contribution in [0.5, 0.6) is 5.75 Å². The summed E-state index contributed by atoms with van der Waals surface area (Å²) in [6, 6.07) is 3.57. The molecule has 7 heteroatoms. The van der Waals surface area contributed by atoms with Crippen molar-refractivity contribution in [2.24, 2.45) is 0 Å². The van der Waals surface area contributed by atoms with Crippen LogP contribution in [0.4, 0.5) is 5.69 Å². The van der Waals surface area contributed by atoms with Crippen LogP contribution in [-0.2, 0) is 16.7 Å². The van der Waals surface area contributed by atoms with E-state index in [-0.39, 0.29) is 5.60 Å². The van der Waals surface area contributed by atoms with Gasteiger partial charge < -0.3 is 10.2 Å². The van der Waals surface area contributed by atoms with Crippen molar-refractivity contribution in [2.45, 2.75) is 32.8 Å². The monoisotopic (exact) mass is 272 g/mol. The van der Waals surface area contributed by atoms with E-state index in [1.165, 1.54) is 0 Å². The third-order valence-corrected chi connectivity index (χ3v) is 3.15. The highest BCUT2D eigenvalue weighted by atomic mass is 32.2. The molecule has 0 aromatic heterocycles. The number of ether oxygens (including phenoxy) is 1. The molecule has 1 aliphatic heterocycles. The zero-order valence-electron chi connectivity index (χ0n) is 10.4. The smallest absolute Gasteiger partial charge is 0.350 e. The Morgan fingerprint density at radius 3 is 2.67 bits per heavy atom. The quantitative estimate of drug-likeness (QED) is 0.572. The highest BCUT2D eigenvalue weighted by molar-refractivity contribution is 7.83. The number of hydrogen-bond donors (Lipinski definition) is 3. The number of hydrogen-bond acceptors (Lipinski definition) is 4. The van der Waals surface area contributed by atoms with Gasteiger partial charge in [0.2, 0.25) is 0 Å². The number of nitrogens with one attached hydrogen (secondary N) is 2. The van der Waals surface area contributed by atoms with E-state index in [0.29, 0.717) is 11.4 Å².